The Morgan fingerprint density at radius 2 is 1.95 bits per heavy atom. The van der Waals surface area contributed by atoms with Crippen LogP contribution in [0.3, 0.4) is 0 Å². The van der Waals surface area contributed by atoms with Crippen molar-refractivity contribution in [2.24, 2.45) is 0 Å². The van der Waals surface area contributed by atoms with Crippen LogP contribution < -0.4 is 0 Å². The first-order valence-corrected chi connectivity index (χ1v) is 6.37. The standard InChI is InChI=1S/C15H10ClNO3/c16-11-4-1-9(2-5-11)7-14-17-12-6-3-10(15(18)19)8-13(12)20-14/h1-6,8H,7H2,(H,18,19). The van der Waals surface area contributed by atoms with Crippen molar-refractivity contribution in [1.82, 2.24) is 4.98 Å². The summed E-state index contributed by atoms with van der Waals surface area (Å²) >= 11 is 5.83. The fourth-order valence-electron chi connectivity index (χ4n) is 1.96. The van der Waals surface area contributed by atoms with E-state index in [1.165, 1.54) is 12.1 Å². The number of carboxylic acid groups (broad SMARTS) is 1. The summed E-state index contributed by atoms with van der Waals surface area (Å²) in [5.74, 6) is -0.438. The van der Waals surface area contributed by atoms with E-state index in [0.717, 1.165) is 5.56 Å². The molecule has 0 saturated carbocycles. The largest absolute Gasteiger partial charge is 0.478 e. The molecule has 0 unspecified atom stereocenters. The summed E-state index contributed by atoms with van der Waals surface area (Å²) in [4.78, 5) is 15.2. The Bertz CT molecular complexity index is 777. The molecule has 3 rings (SSSR count). The van der Waals surface area contributed by atoms with Gasteiger partial charge in [-0.15, -0.1) is 0 Å². The number of carbonyl (C=O) groups is 1. The summed E-state index contributed by atoms with van der Waals surface area (Å²) in [6.07, 6.45) is 0.536. The van der Waals surface area contributed by atoms with E-state index in [4.69, 9.17) is 21.1 Å². The van der Waals surface area contributed by atoms with Crippen molar-refractivity contribution in [3.8, 4) is 0 Å². The lowest BCUT2D eigenvalue weighted by Gasteiger charge is -1.96. The minimum atomic E-state index is -0.984. The Kier molecular flexibility index (Phi) is 3.16. The van der Waals surface area contributed by atoms with Gasteiger partial charge in [-0.05, 0) is 35.9 Å². The van der Waals surface area contributed by atoms with Crippen molar-refractivity contribution in [2.45, 2.75) is 6.42 Å². The molecule has 0 bridgehead atoms. The number of oxazole rings is 1. The molecule has 1 heterocycles. The fraction of sp³-hybridized carbons (Fsp3) is 0.0667. The Morgan fingerprint density at radius 1 is 1.20 bits per heavy atom. The van der Waals surface area contributed by atoms with Gasteiger partial charge < -0.3 is 9.52 Å². The van der Waals surface area contributed by atoms with Crippen LogP contribution in [0.15, 0.2) is 46.9 Å². The molecule has 1 N–H and O–H groups in total. The summed E-state index contributed by atoms with van der Waals surface area (Å²) < 4.78 is 5.59. The summed E-state index contributed by atoms with van der Waals surface area (Å²) in [7, 11) is 0. The number of hydrogen-bond acceptors (Lipinski definition) is 3. The number of rotatable bonds is 3. The molecule has 0 fully saturated rings. The number of benzene rings is 2. The summed E-state index contributed by atoms with van der Waals surface area (Å²) in [5, 5.41) is 9.62. The molecule has 0 aliphatic rings. The number of fused-ring (bicyclic) bond motifs is 1. The Hall–Kier alpha value is -2.33. The molecule has 100 valence electrons. The highest BCUT2D eigenvalue weighted by Crippen LogP contribution is 2.20. The van der Waals surface area contributed by atoms with Crippen LogP contribution in [0.1, 0.15) is 21.8 Å². The molecule has 0 aliphatic heterocycles. The van der Waals surface area contributed by atoms with E-state index in [2.05, 4.69) is 4.98 Å². The van der Waals surface area contributed by atoms with Crippen LogP contribution in [0.25, 0.3) is 11.1 Å². The minimum absolute atomic E-state index is 0.187. The lowest BCUT2D eigenvalue weighted by molar-refractivity contribution is 0.0697. The van der Waals surface area contributed by atoms with E-state index in [0.29, 0.717) is 28.4 Å². The summed E-state index contributed by atoms with van der Waals surface area (Å²) in [6, 6.07) is 12.1. The highest BCUT2D eigenvalue weighted by Gasteiger charge is 2.10. The molecule has 20 heavy (non-hydrogen) atoms. The molecule has 5 heteroatoms. The first kappa shape index (κ1) is 12.7. The molecule has 0 spiro atoms. The summed E-state index contributed by atoms with van der Waals surface area (Å²) in [5.41, 5.74) is 2.35. The maximum absolute atomic E-state index is 10.9. The average Bonchev–Trinajstić information content (AvgIpc) is 2.82. The van der Waals surface area contributed by atoms with Crippen molar-refractivity contribution < 1.29 is 14.3 Å². The normalized spacial score (nSPS) is 10.8. The maximum atomic E-state index is 10.9. The van der Waals surface area contributed by atoms with Gasteiger partial charge in [0.2, 0.25) is 0 Å². The van der Waals surface area contributed by atoms with Crippen LogP contribution in [0.4, 0.5) is 0 Å². The monoisotopic (exact) mass is 287 g/mol. The van der Waals surface area contributed by atoms with Crippen molar-refractivity contribution in [3.05, 3.63) is 64.5 Å². The summed E-state index contributed by atoms with van der Waals surface area (Å²) in [6.45, 7) is 0. The maximum Gasteiger partial charge on any atom is 0.335 e. The third-order valence-corrected chi connectivity index (χ3v) is 3.20. The fourth-order valence-corrected chi connectivity index (χ4v) is 2.08. The van der Waals surface area contributed by atoms with E-state index in [1.54, 1.807) is 6.07 Å². The third kappa shape index (κ3) is 2.51. The molecular formula is C15H10ClNO3. The van der Waals surface area contributed by atoms with Gasteiger partial charge in [0, 0.05) is 11.4 Å². The number of aromatic nitrogens is 1. The number of halogens is 1. The molecule has 0 atom stereocenters. The highest BCUT2D eigenvalue weighted by molar-refractivity contribution is 6.30. The van der Waals surface area contributed by atoms with Crippen LogP contribution in [0.5, 0.6) is 0 Å². The number of hydrogen-bond donors (Lipinski definition) is 1. The number of carboxylic acids is 1. The van der Waals surface area contributed by atoms with Gasteiger partial charge in [-0.3, -0.25) is 0 Å². The van der Waals surface area contributed by atoms with E-state index in [9.17, 15) is 4.79 Å². The first-order chi connectivity index (χ1) is 9.61. The predicted octanol–water partition coefficient (Wildman–Crippen LogP) is 3.77. The third-order valence-electron chi connectivity index (χ3n) is 2.95. The second-order valence-corrected chi connectivity index (χ2v) is 4.83. The molecule has 0 radical (unpaired) electrons. The van der Waals surface area contributed by atoms with Crippen LogP contribution in [-0.4, -0.2) is 16.1 Å². The van der Waals surface area contributed by atoms with Crippen LogP contribution in [-0.2, 0) is 6.42 Å². The smallest absolute Gasteiger partial charge is 0.335 e. The molecule has 4 nitrogen and oxygen atoms in total. The minimum Gasteiger partial charge on any atom is -0.478 e. The van der Waals surface area contributed by atoms with Gasteiger partial charge in [0.1, 0.15) is 5.52 Å². The quantitative estimate of drug-likeness (QED) is 0.796. The zero-order valence-electron chi connectivity index (χ0n) is 10.3. The Morgan fingerprint density at radius 3 is 2.65 bits per heavy atom. The highest BCUT2D eigenvalue weighted by atomic mass is 35.5. The van der Waals surface area contributed by atoms with Gasteiger partial charge in [0.05, 0.1) is 5.56 Å². The van der Waals surface area contributed by atoms with Gasteiger partial charge in [-0.25, -0.2) is 9.78 Å². The van der Waals surface area contributed by atoms with Crippen molar-refractivity contribution in [1.29, 1.82) is 0 Å². The van der Waals surface area contributed by atoms with Gasteiger partial charge in [-0.1, -0.05) is 23.7 Å². The van der Waals surface area contributed by atoms with E-state index in [-0.39, 0.29) is 5.56 Å². The van der Waals surface area contributed by atoms with Gasteiger partial charge in [0.25, 0.3) is 0 Å². The van der Waals surface area contributed by atoms with Crippen LogP contribution >= 0.6 is 11.6 Å². The Balaban J connectivity index is 1.92. The molecule has 0 saturated heterocycles. The van der Waals surface area contributed by atoms with Crippen molar-refractivity contribution in [2.75, 3.05) is 0 Å². The second-order valence-electron chi connectivity index (χ2n) is 4.40. The molecule has 0 aliphatic carbocycles. The van der Waals surface area contributed by atoms with E-state index < -0.39 is 5.97 Å². The zero-order chi connectivity index (χ0) is 14.1. The first-order valence-electron chi connectivity index (χ1n) is 5.99. The lowest BCUT2D eigenvalue weighted by Crippen LogP contribution is -1.94. The molecule has 3 aromatic rings. The zero-order valence-corrected chi connectivity index (χ0v) is 11.1. The lowest BCUT2D eigenvalue weighted by atomic mass is 10.1. The molecule has 0 amide bonds. The molecular weight excluding hydrogens is 278 g/mol. The predicted molar refractivity (Wildman–Crippen MR) is 75.2 cm³/mol. The van der Waals surface area contributed by atoms with Crippen molar-refractivity contribution >= 4 is 28.7 Å². The van der Waals surface area contributed by atoms with E-state index in [1.807, 2.05) is 24.3 Å². The average molecular weight is 288 g/mol. The van der Waals surface area contributed by atoms with Gasteiger partial charge in [0.15, 0.2) is 11.5 Å². The van der Waals surface area contributed by atoms with Crippen molar-refractivity contribution in [3.63, 3.8) is 0 Å². The van der Waals surface area contributed by atoms with Gasteiger partial charge in [-0.2, -0.15) is 0 Å². The number of aromatic carboxylic acids is 1. The number of nitrogens with zero attached hydrogens (tertiary/aromatic N) is 1. The topological polar surface area (TPSA) is 63.3 Å². The van der Waals surface area contributed by atoms with Gasteiger partial charge >= 0.3 is 5.97 Å². The SMILES string of the molecule is O=C(O)c1ccc2nc(Cc3ccc(Cl)cc3)oc2c1. The van der Waals surface area contributed by atoms with Crippen LogP contribution in [0, 0.1) is 0 Å². The Labute approximate surface area is 119 Å². The van der Waals surface area contributed by atoms with Crippen LogP contribution in [0.2, 0.25) is 5.02 Å². The van der Waals surface area contributed by atoms with E-state index >= 15 is 0 Å². The molecule has 2 aromatic carbocycles. The second kappa shape index (κ2) is 4.98. The molecule has 1 aromatic heterocycles.